The summed E-state index contributed by atoms with van der Waals surface area (Å²) in [5.74, 6) is 2.08. The number of fused-ring (bicyclic) bond motifs is 4. The molecule has 6 rings (SSSR count). The standard InChI is InChI=1S/C28H29N3O4/c1-18-19(9-10-27(32)31-14-12-30(13-15-31)26-8-4-5-11-29-26)28(33)35-24-17-25-22(16-21(18)24)20-6-2-3-7-23(20)34-25/h4-5,8,11,16-17H,2-3,6-7,9-10,12-15H2,1H3. The highest BCUT2D eigenvalue weighted by Gasteiger charge is 2.24. The zero-order chi connectivity index (χ0) is 23.9. The molecular weight excluding hydrogens is 442 g/mol. The average molecular weight is 472 g/mol. The van der Waals surface area contributed by atoms with Crippen LogP contribution in [0.25, 0.3) is 21.9 Å². The number of carbonyl (C=O) groups excluding carboxylic acids is 1. The fraction of sp³-hybridized carbons (Fsp3) is 0.393. The predicted molar refractivity (Wildman–Crippen MR) is 135 cm³/mol. The molecule has 7 nitrogen and oxygen atoms in total. The van der Waals surface area contributed by atoms with Gasteiger partial charge in [0.1, 0.15) is 22.7 Å². The fourth-order valence-electron chi connectivity index (χ4n) is 5.55. The Morgan fingerprint density at radius 1 is 1.00 bits per heavy atom. The smallest absolute Gasteiger partial charge is 0.339 e. The molecule has 0 radical (unpaired) electrons. The number of pyridine rings is 1. The molecular formula is C28H29N3O4. The predicted octanol–water partition coefficient (Wildman–Crippen LogP) is 4.40. The third-order valence-electron chi connectivity index (χ3n) is 7.56. The third kappa shape index (κ3) is 3.99. The molecule has 4 heterocycles. The fourth-order valence-corrected chi connectivity index (χ4v) is 5.55. The van der Waals surface area contributed by atoms with Crippen molar-refractivity contribution in [3.05, 3.63) is 69.4 Å². The lowest BCUT2D eigenvalue weighted by molar-refractivity contribution is -0.131. The van der Waals surface area contributed by atoms with Crippen molar-refractivity contribution in [3.63, 3.8) is 0 Å². The van der Waals surface area contributed by atoms with E-state index in [1.165, 1.54) is 12.0 Å². The van der Waals surface area contributed by atoms with E-state index < -0.39 is 0 Å². The summed E-state index contributed by atoms with van der Waals surface area (Å²) in [6.45, 7) is 4.79. The summed E-state index contributed by atoms with van der Waals surface area (Å²) in [4.78, 5) is 34.3. The van der Waals surface area contributed by atoms with Gasteiger partial charge in [0.2, 0.25) is 5.91 Å². The number of nitrogens with zero attached hydrogens (tertiary/aromatic N) is 3. The molecule has 2 aliphatic rings. The Labute approximate surface area is 203 Å². The minimum atomic E-state index is -0.363. The first-order chi connectivity index (χ1) is 17.1. The number of piperazine rings is 1. The van der Waals surface area contributed by atoms with E-state index in [0.717, 1.165) is 65.8 Å². The highest BCUT2D eigenvalue weighted by Crippen LogP contribution is 2.35. The molecule has 7 heteroatoms. The van der Waals surface area contributed by atoms with Crippen molar-refractivity contribution in [2.45, 2.75) is 45.4 Å². The Morgan fingerprint density at radius 2 is 1.80 bits per heavy atom. The quantitative estimate of drug-likeness (QED) is 0.411. The van der Waals surface area contributed by atoms with Crippen LogP contribution in [0.5, 0.6) is 0 Å². The minimum absolute atomic E-state index is 0.0731. The van der Waals surface area contributed by atoms with Crippen molar-refractivity contribution in [2.75, 3.05) is 31.1 Å². The molecule has 1 amide bonds. The van der Waals surface area contributed by atoms with E-state index in [1.807, 2.05) is 36.1 Å². The van der Waals surface area contributed by atoms with Gasteiger partial charge < -0.3 is 18.6 Å². The first-order valence-corrected chi connectivity index (χ1v) is 12.5. The molecule has 0 bridgehead atoms. The van der Waals surface area contributed by atoms with Gasteiger partial charge in [0.05, 0.1) is 0 Å². The lowest BCUT2D eigenvalue weighted by atomic mass is 9.94. The molecule has 35 heavy (non-hydrogen) atoms. The summed E-state index contributed by atoms with van der Waals surface area (Å²) in [7, 11) is 0. The zero-order valence-corrected chi connectivity index (χ0v) is 20.0. The van der Waals surface area contributed by atoms with Crippen molar-refractivity contribution in [3.8, 4) is 0 Å². The van der Waals surface area contributed by atoms with E-state index >= 15 is 0 Å². The van der Waals surface area contributed by atoms with Crippen LogP contribution in [0.1, 0.15) is 41.7 Å². The lowest BCUT2D eigenvalue weighted by Gasteiger charge is -2.35. The van der Waals surface area contributed by atoms with Crippen LogP contribution in [0.4, 0.5) is 5.82 Å². The van der Waals surface area contributed by atoms with Crippen LogP contribution in [-0.2, 0) is 24.1 Å². The van der Waals surface area contributed by atoms with Crippen molar-refractivity contribution in [2.24, 2.45) is 0 Å². The molecule has 180 valence electrons. The number of hydrogen-bond donors (Lipinski definition) is 0. The van der Waals surface area contributed by atoms with Crippen LogP contribution in [0.2, 0.25) is 0 Å². The third-order valence-corrected chi connectivity index (χ3v) is 7.56. The minimum Gasteiger partial charge on any atom is -0.461 e. The van der Waals surface area contributed by atoms with Crippen LogP contribution in [0.15, 0.2) is 50.2 Å². The second-order valence-corrected chi connectivity index (χ2v) is 9.60. The summed E-state index contributed by atoms with van der Waals surface area (Å²) in [6, 6.07) is 9.84. The van der Waals surface area contributed by atoms with Crippen LogP contribution < -0.4 is 10.5 Å². The Morgan fingerprint density at radius 3 is 2.60 bits per heavy atom. The molecule has 0 N–H and O–H groups in total. The largest absolute Gasteiger partial charge is 0.461 e. The van der Waals surface area contributed by atoms with Gasteiger partial charge in [-0.3, -0.25) is 4.79 Å². The van der Waals surface area contributed by atoms with Crippen LogP contribution >= 0.6 is 0 Å². The normalized spacial score (nSPS) is 16.1. The highest BCUT2D eigenvalue weighted by atomic mass is 16.4. The van der Waals surface area contributed by atoms with E-state index in [-0.39, 0.29) is 11.5 Å². The molecule has 1 aliphatic carbocycles. The van der Waals surface area contributed by atoms with Gasteiger partial charge in [0, 0.05) is 73.2 Å². The number of hydrogen-bond acceptors (Lipinski definition) is 6. The second kappa shape index (κ2) is 8.87. The van der Waals surface area contributed by atoms with Gasteiger partial charge in [-0.15, -0.1) is 0 Å². The van der Waals surface area contributed by atoms with Gasteiger partial charge in [0.25, 0.3) is 0 Å². The summed E-state index contributed by atoms with van der Waals surface area (Å²) in [5.41, 5.74) is 3.76. The zero-order valence-electron chi connectivity index (χ0n) is 20.0. The number of amides is 1. The van der Waals surface area contributed by atoms with E-state index in [9.17, 15) is 9.59 Å². The maximum Gasteiger partial charge on any atom is 0.339 e. The SMILES string of the molecule is Cc1c(CCC(=O)N2CCN(c3ccccn3)CC2)c(=O)oc2cc3oc4c(c3cc12)CCCC4. The number of anilines is 1. The molecule has 0 unspecified atom stereocenters. The molecule has 4 aromatic rings. The van der Waals surface area contributed by atoms with Crippen LogP contribution in [0.3, 0.4) is 0 Å². The molecule has 3 aromatic heterocycles. The first-order valence-electron chi connectivity index (χ1n) is 12.5. The van der Waals surface area contributed by atoms with Gasteiger partial charge in [0.15, 0.2) is 0 Å². The number of carbonyl (C=O) groups is 1. The topological polar surface area (TPSA) is 79.8 Å². The van der Waals surface area contributed by atoms with Gasteiger partial charge >= 0.3 is 5.63 Å². The van der Waals surface area contributed by atoms with Crippen LogP contribution in [0, 0.1) is 6.92 Å². The summed E-state index contributed by atoms with van der Waals surface area (Å²) in [6.07, 6.45) is 6.78. The number of rotatable bonds is 4. The molecule has 0 atom stereocenters. The van der Waals surface area contributed by atoms with E-state index in [4.69, 9.17) is 8.83 Å². The maximum absolute atomic E-state index is 12.9. The van der Waals surface area contributed by atoms with E-state index in [1.54, 1.807) is 6.20 Å². The number of benzene rings is 1. The molecule has 0 spiro atoms. The van der Waals surface area contributed by atoms with E-state index in [0.29, 0.717) is 37.1 Å². The molecule has 1 aliphatic heterocycles. The van der Waals surface area contributed by atoms with Crippen LogP contribution in [-0.4, -0.2) is 42.0 Å². The van der Waals surface area contributed by atoms with Gasteiger partial charge in [-0.2, -0.15) is 0 Å². The van der Waals surface area contributed by atoms with Gasteiger partial charge in [-0.25, -0.2) is 9.78 Å². The average Bonchev–Trinajstić information content (AvgIpc) is 3.25. The van der Waals surface area contributed by atoms with Gasteiger partial charge in [-0.1, -0.05) is 6.07 Å². The van der Waals surface area contributed by atoms with E-state index in [2.05, 4.69) is 16.0 Å². The van der Waals surface area contributed by atoms with Crippen molar-refractivity contribution in [1.82, 2.24) is 9.88 Å². The van der Waals surface area contributed by atoms with Crippen molar-refractivity contribution in [1.29, 1.82) is 0 Å². The maximum atomic E-state index is 12.9. The lowest BCUT2D eigenvalue weighted by Crippen LogP contribution is -2.49. The summed E-state index contributed by atoms with van der Waals surface area (Å²) < 4.78 is 11.8. The Kier molecular flexibility index (Phi) is 5.55. The van der Waals surface area contributed by atoms with Crippen molar-refractivity contribution >= 4 is 33.7 Å². The summed E-state index contributed by atoms with van der Waals surface area (Å²) >= 11 is 0. The number of aryl methyl sites for hydroxylation is 3. The second-order valence-electron chi connectivity index (χ2n) is 9.60. The Hall–Kier alpha value is -3.61. The monoisotopic (exact) mass is 471 g/mol. The molecule has 0 saturated carbocycles. The Bertz CT molecular complexity index is 1460. The Balaban J connectivity index is 1.19. The summed E-state index contributed by atoms with van der Waals surface area (Å²) in [5, 5.41) is 2.05. The number of furan rings is 1. The van der Waals surface area contributed by atoms with Crippen molar-refractivity contribution < 1.29 is 13.6 Å². The molecule has 1 saturated heterocycles. The highest BCUT2D eigenvalue weighted by molar-refractivity contribution is 5.97. The molecule has 1 aromatic carbocycles. The number of aromatic nitrogens is 1. The molecule has 1 fully saturated rings. The first kappa shape index (κ1) is 21.9. The van der Waals surface area contributed by atoms with Gasteiger partial charge in [-0.05, 0) is 56.4 Å².